The van der Waals surface area contributed by atoms with E-state index in [2.05, 4.69) is 20.7 Å². The molecule has 1 heterocycles. The molecule has 2 rings (SSSR count). The zero-order chi connectivity index (χ0) is 11.0. The number of esters is 1. The summed E-state index contributed by atoms with van der Waals surface area (Å²) in [6.45, 7) is 1.84. The fourth-order valence-corrected chi connectivity index (χ4v) is 2.19. The molecule has 0 saturated carbocycles. The highest BCUT2D eigenvalue weighted by Crippen LogP contribution is 2.31. The summed E-state index contributed by atoms with van der Waals surface area (Å²) >= 11 is 3.42. The summed E-state index contributed by atoms with van der Waals surface area (Å²) in [5.41, 5.74) is 1.48. The number of hydrogen-bond acceptors (Lipinski definition) is 3. The number of benzene rings is 1. The van der Waals surface area contributed by atoms with Crippen molar-refractivity contribution in [3.05, 3.63) is 34.0 Å². The first kappa shape index (κ1) is 10.2. The molecular formula is C11H9BrO3. The minimum Gasteiger partial charge on any atom is -0.463 e. The van der Waals surface area contributed by atoms with Gasteiger partial charge in [-0.3, -0.25) is 0 Å². The van der Waals surface area contributed by atoms with Gasteiger partial charge >= 0.3 is 5.97 Å². The van der Waals surface area contributed by atoms with Gasteiger partial charge in [0.1, 0.15) is 5.58 Å². The third-order valence-electron chi connectivity index (χ3n) is 2.27. The first-order valence-corrected chi connectivity index (χ1v) is 5.20. The van der Waals surface area contributed by atoms with E-state index < -0.39 is 5.97 Å². The Kier molecular flexibility index (Phi) is 2.52. The third kappa shape index (κ3) is 1.55. The van der Waals surface area contributed by atoms with Crippen LogP contribution in [0.25, 0.3) is 11.0 Å². The van der Waals surface area contributed by atoms with Crippen molar-refractivity contribution in [2.24, 2.45) is 0 Å². The number of rotatable bonds is 1. The van der Waals surface area contributed by atoms with E-state index in [-0.39, 0.29) is 5.76 Å². The lowest BCUT2D eigenvalue weighted by atomic mass is 10.1. The Hall–Kier alpha value is -1.29. The zero-order valence-electron chi connectivity index (χ0n) is 8.33. The molecule has 0 unspecified atom stereocenters. The predicted molar refractivity (Wildman–Crippen MR) is 60.0 cm³/mol. The van der Waals surface area contributed by atoms with Crippen LogP contribution in [-0.2, 0) is 4.74 Å². The molecule has 0 atom stereocenters. The minimum atomic E-state index is -0.449. The summed E-state index contributed by atoms with van der Waals surface area (Å²) in [7, 11) is 1.34. The molecule has 15 heavy (non-hydrogen) atoms. The summed E-state index contributed by atoms with van der Waals surface area (Å²) in [5, 5.41) is 0.915. The van der Waals surface area contributed by atoms with Crippen molar-refractivity contribution in [2.45, 2.75) is 6.92 Å². The van der Waals surface area contributed by atoms with E-state index in [4.69, 9.17) is 4.42 Å². The van der Waals surface area contributed by atoms with Crippen molar-refractivity contribution in [2.75, 3.05) is 7.11 Å². The largest absolute Gasteiger partial charge is 0.463 e. The molecule has 0 amide bonds. The van der Waals surface area contributed by atoms with Crippen molar-refractivity contribution in [3.63, 3.8) is 0 Å². The molecule has 0 bridgehead atoms. The number of methoxy groups -OCH3 is 1. The number of ether oxygens (including phenoxy) is 1. The topological polar surface area (TPSA) is 39.4 Å². The number of aryl methyl sites for hydroxylation is 1. The average molecular weight is 269 g/mol. The van der Waals surface area contributed by atoms with Gasteiger partial charge in [-0.1, -0.05) is 22.0 Å². The minimum absolute atomic E-state index is 0.263. The second kappa shape index (κ2) is 3.70. The van der Waals surface area contributed by atoms with Crippen LogP contribution in [0, 0.1) is 6.92 Å². The second-order valence-electron chi connectivity index (χ2n) is 3.16. The van der Waals surface area contributed by atoms with Gasteiger partial charge in [0, 0.05) is 15.4 Å². The van der Waals surface area contributed by atoms with Crippen LogP contribution in [0.5, 0.6) is 0 Å². The van der Waals surface area contributed by atoms with E-state index in [0.29, 0.717) is 5.58 Å². The monoisotopic (exact) mass is 268 g/mol. The van der Waals surface area contributed by atoms with E-state index in [0.717, 1.165) is 15.4 Å². The normalized spacial score (nSPS) is 10.6. The van der Waals surface area contributed by atoms with E-state index >= 15 is 0 Å². The molecule has 0 fully saturated rings. The van der Waals surface area contributed by atoms with Crippen LogP contribution < -0.4 is 0 Å². The lowest BCUT2D eigenvalue weighted by Gasteiger charge is -1.94. The fourth-order valence-electron chi connectivity index (χ4n) is 1.54. The van der Waals surface area contributed by atoms with Crippen molar-refractivity contribution in [3.8, 4) is 0 Å². The van der Waals surface area contributed by atoms with Gasteiger partial charge in [0.05, 0.1) is 7.11 Å². The van der Waals surface area contributed by atoms with Gasteiger partial charge in [-0.2, -0.15) is 0 Å². The Balaban J connectivity index is 2.75. The quantitative estimate of drug-likeness (QED) is 0.746. The lowest BCUT2D eigenvalue weighted by molar-refractivity contribution is 0.0566. The third-order valence-corrected chi connectivity index (χ3v) is 2.93. The number of hydrogen-bond donors (Lipinski definition) is 0. The Morgan fingerprint density at radius 3 is 2.80 bits per heavy atom. The van der Waals surface area contributed by atoms with Gasteiger partial charge in [0.15, 0.2) is 0 Å². The van der Waals surface area contributed by atoms with Crippen LogP contribution in [0.1, 0.15) is 16.1 Å². The van der Waals surface area contributed by atoms with E-state index in [9.17, 15) is 4.79 Å². The van der Waals surface area contributed by atoms with Crippen LogP contribution in [-0.4, -0.2) is 13.1 Å². The van der Waals surface area contributed by atoms with Gasteiger partial charge in [0.25, 0.3) is 0 Å². The number of furan rings is 1. The maximum atomic E-state index is 11.4. The van der Waals surface area contributed by atoms with E-state index in [1.54, 1.807) is 0 Å². The highest BCUT2D eigenvalue weighted by molar-refractivity contribution is 9.10. The maximum absolute atomic E-state index is 11.4. The molecule has 78 valence electrons. The summed E-state index contributed by atoms with van der Waals surface area (Å²) in [4.78, 5) is 11.4. The standard InChI is InChI=1S/C11H9BrO3/c1-6-9-7(12)4-3-5-8(9)15-10(6)11(13)14-2/h3-5H,1-2H3. The van der Waals surface area contributed by atoms with E-state index in [1.807, 2.05) is 25.1 Å². The van der Waals surface area contributed by atoms with Crippen LogP contribution in [0.15, 0.2) is 27.1 Å². The van der Waals surface area contributed by atoms with Gasteiger partial charge in [-0.05, 0) is 19.1 Å². The van der Waals surface area contributed by atoms with Crippen molar-refractivity contribution >= 4 is 32.9 Å². The van der Waals surface area contributed by atoms with Crippen LogP contribution in [0.4, 0.5) is 0 Å². The Labute approximate surface area is 95.1 Å². The second-order valence-corrected chi connectivity index (χ2v) is 4.02. The molecular weight excluding hydrogens is 260 g/mol. The van der Waals surface area contributed by atoms with Crippen molar-refractivity contribution in [1.29, 1.82) is 0 Å². The van der Waals surface area contributed by atoms with Crippen LogP contribution in [0.3, 0.4) is 0 Å². The molecule has 2 aromatic rings. The molecule has 4 heteroatoms. The van der Waals surface area contributed by atoms with Crippen LogP contribution >= 0.6 is 15.9 Å². The lowest BCUT2D eigenvalue weighted by Crippen LogP contribution is -2.00. The van der Waals surface area contributed by atoms with Crippen molar-refractivity contribution in [1.82, 2.24) is 0 Å². The number of halogens is 1. The predicted octanol–water partition coefficient (Wildman–Crippen LogP) is 3.29. The Morgan fingerprint density at radius 2 is 2.20 bits per heavy atom. The molecule has 0 aliphatic rings. The molecule has 1 aromatic carbocycles. The van der Waals surface area contributed by atoms with Crippen LogP contribution in [0.2, 0.25) is 0 Å². The molecule has 0 saturated heterocycles. The smallest absolute Gasteiger partial charge is 0.374 e. The number of carbonyl (C=O) groups excluding carboxylic acids is 1. The molecule has 0 radical (unpaired) electrons. The van der Waals surface area contributed by atoms with E-state index in [1.165, 1.54) is 7.11 Å². The summed E-state index contributed by atoms with van der Waals surface area (Å²) in [6, 6.07) is 5.59. The SMILES string of the molecule is COC(=O)c1oc2cccc(Br)c2c1C. The number of carbonyl (C=O) groups is 1. The fraction of sp³-hybridized carbons (Fsp3) is 0.182. The van der Waals surface area contributed by atoms with Crippen molar-refractivity contribution < 1.29 is 13.9 Å². The maximum Gasteiger partial charge on any atom is 0.374 e. The molecule has 1 aromatic heterocycles. The highest BCUT2D eigenvalue weighted by atomic mass is 79.9. The summed E-state index contributed by atoms with van der Waals surface area (Å²) in [6.07, 6.45) is 0. The Bertz CT molecular complexity index is 528. The molecule has 0 aliphatic heterocycles. The number of fused-ring (bicyclic) bond motifs is 1. The van der Waals surface area contributed by atoms with Gasteiger partial charge in [-0.25, -0.2) is 4.79 Å². The summed E-state index contributed by atoms with van der Waals surface area (Å²) < 4.78 is 11.0. The molecule has 0 N–H and O–H groups in total. The van der Waals surface area contributed by atoms with Gasteiger partial charge in [-0.15, -0.1) is 0 Å². The Morgan fingerprint density at radius 1 is 1.47 bits per heavy atom. The van der Waals surface area contributed by atoms with Gasteiger partial charge < -0.3 is 9.15 Å². The first-order valence-electron chi connectivity index (χ1n) is 4.41. The highest BCUT2D eigenvalue weighted by Gasteiger charge is 2.19. The molecule has 0 spiro atoms. The molecule has 0 aliphatic carbocycles. The molecule has 3 nitrogen and oxygen atoms in total. The summed E-state index contributed by atoms with van der Waals surface area (Å²) in [5.74, 6) is -0.185. The van der Waals surface area contributed by atoms with Gasteiger partial charge in [0.2, 0.25) is 5.76 Å². The first-order chi connectivity index (χ1) is 7.15. The average Bonchev–Trinajstić information content (AvgIpc) is 2.56. The zero-order valence-corrected chi connectivity index (χ0v) is 9.92.